The van der Waals surface area contributed by atoms with Crippen molar-refractivity contribution in [1.82, 2.24) is 9.71 Å². The Morgan fingerprint density at radius 3 is 2.33 bits per heavy atom. The van der Waals surface area contributed by atoms with Gasteiger partial charge in [-0.25, -0.2) is 18.1 Å². The highest BCUT2D eigenvalue weighted by atomic mass is 32.2. The van der Waals surface area contributed by atoms with Gasteiger partial charge in [0.15, 0.2) is 0 Å². The SMILES string of the molecule is CC(C)NS(=O)(=O)Cc1ccc(CNc2ccc(C#N)cn2)cc1. The highest BCUT2D eigenvalue weighted by molar-refractivity contribution is 7.88. The van der Waals surface area contributed by atoms with Gasteiger partial charge in [-0.05, 0) is 37.1 Å². The molecule has 1 heterocycles. The molecule has 0 bridgehead atoms. The maximum Gasteiger partial charge on any atom is 0.216 e. The summed E-state index contributed by atoms with van der Waals surface area (Å²) in [5.74, 6) is 0.651. The van der Waals surface area contributed by atoms with Crippen LogP contribution >= 0.6 is 0 Å². The van der Waals surface area contributed by atoms with Crippen LogP contribution < -0.4 is 10.0 Å². The van der Waals surface area contributed by atoms with Crippen molar-refractivity contribution in [3.8, 4) is 6.07 Å². The maximum absolute atomic E-state index is 11.9. The van der Waals surface area contributed by atoms with Crippen LogP contribution in [-0.4, -0.2) is 19.4 Å². The number of anilines is 1. The third-order valence-corrected chi connectivity index (χ3v) is 4.71. The second kappa shape index (κ2) is 7.90. The summed E-state index contributed by atoms with van der Waals surface area (Å²) in [5.41, 5.74) is 2.27. The molecule has 0 aliphatic rings. The van der Waals surface area contributed by atoms with Crippen molar-refractivity contribution in [3.63, 3.8) is 0 Å². The molecule has 1 aromatic heterocycles. The molecule has 0 spiro atoms. The van der Waals surface area contributed by atoms with Gasteiger partial charge in [0.2, 0.25) is 10.0 Å². The lowest BCUT2D eigenvalue weighted by Crippen LogP contribution is -2.31. The average molecular weight is 344 g/mol. The summed E-state index contributed by atoms with van der Waals surface area (Å²) in [6.07, 6.45) is 1.51. The highest BCUT2D eigenvalue weighted by Gasteiger charge is 2.12. The molecule has 2 aromatic rings. The Kier molecular flexibility index (Phi) is 5.90. The van der Waals surface area contributed by atoms with Crippen molar-refractivity contribution >= 4 is 15.8 Å². The van der Waals surface area contributed by atoms with Crippen molar-refractivity contribution < 1.29 is 8.42 Å². The van der Waals surface area contributed by atoms with E-state index < -0.39 is 10.0 Å². The molecule has 0 radical (unpaired) electrons. The number of rotatable bonds is 7. The fourth-order valence-corrected chi connectivity index (χ4v) is 3.56. The topological polar surface area (TPSA) is 94.9 Å². The third kappa shape index (κ3) is 5.65. The van der Waals surface area contributed by atoms with Crippen LogP contribution in [0.15, 0.2) is 42.6 Å². The van der Waals surface area contributed by atoms with Gasteiger partial charge in [-0.3, -0.25) is 0 Å². The molecule has 0 aliphatic carbocycles. The third-order valence-electron chi connectivity index (χ3n) is 3.16. The van der Waals surface area contributed by atoms with Gasteiger partial charge in [-0.1, -0.05) is 24.3 Å². The first-order valence-corrected chi connectivity index (χ1v) is 9.21. The Hall–Kier alpha value is -2.43. The van der Waals surface area contributed by atoms with Gasteiger partial charge in [0.25, 0.3) is 0 Å². The van der Waals surface area contributed by atoms with Crippen LogP contribution in [0, 0.1) is 11.3 Å². The zero-order chi connectivity index (χ0) is 17.6. The van der Waals surface area contributed by atoms with E-state index in [4.69, 9.17) is 5.26 Å². The van der Waals surface area contributed by atoms with E-state index in [1.807, 2.05) is 30.3 Å². The molecule has 2 N–H and O–H groups in total. The molecule has 0 atom stereocenters. The second-order valence-electron chi connectivity index (χ2n) is 5.75. The van der Waals surface area contributed by atoms with Crippen LogP contribution in [0.2, 0.25) is 0 Å². The summed E-state index contributed by atoms with van der Waals surface area (Å²) in [6, 6.07) is 12.7. The van der Waals surface area contributed by atoms with Crippen LogP contribution in [0.1, 0.15) is 30.5 Å². The number of sulfonamides is 1. The molecule has 1 aromatic carbocycles. The van der Waals surface area contributed by atoms with E-state index in [2.05, 4.69) is 15.0 Å². The van der Waals surface area contributed by atoms with Crippen molar-refractivity contribution in [2.24, 2.45) is 0 Å². The van der Waals surface area contributed by atoms with Gasteiger partial charge in [0.05, 0.1) is 11.3 Å². The van der Waals surface area contributed by atoms with E-state index in [0.717, 1.165) is 11.1 Å². The number of hydrogen-bond donors (Lipinski definition) is 2. The molecule has 0 saturated carbocycles. The summed E-state index contributed by atoms with van der Waals surface area (Å²) in [7, 11) is -3.31. The molecular formula is C17H20N4O2S. The smallest absolute Gasteiger partial charge is 0.216 e. The predicted molar refractivity (Wildman–Crippen MR) is 93.6 cm³/mol. The Morgan fingerprint density at radius 2 is 1.79 bits per heavy atom. The van der Waals surface area contributed by atoms with E-state index in [0.29, 0.717) is 17.9 Å². The van der Waals surface area contributed by atoms with Gasteiger partial charge in [0.1, 0.15) is 11.9 Å². The summed E-state index contributed by atoms with van der Waals surface area (Å²) >= 11 is 0. The Morgan fingerprint density at radius 1 is 1.12 bits per heavy atom. The monoisotopic (exact) mass is 344 g/mol. The Bertz CT molecular complexity index is 807. The zero-order valence-corrected chi connectivity index (χ0v) is 14.5. The summed E-state index contributed by atoms with van der Waals surface area (Å²) < 4.78 is 26.4. The molecule has 0 aliphatic heterocycles. The largest absolute Gasteiger partial charge is 0.366 e. The van der Waals surface area contributed by atoms with Crippen LogP contribution in [0.4, 0.5) is 5.82 Å². The molecule has 7 heteroatoms. The lowest BCUT2D eigenvalue weighted by Gasteiger charge is -2.10. The summed E-state index contributed by atoms with van der Waals surface area (Å²) in [4.78, 5) is 4.14. The van der Waals surface area contributed by atoms with Crippen LogP contribution in [0.5, 0.6) is 0 Å². The molecule has 0 saturated heterocycles. The van der Waals surface area contributed by atoms with Crippen molar-refractivity contribution in [1.29, 1.82) is 5.26 Å². The average Bonchev–Trinajstić information content (AvgIpc) is 2.53. The Labute approximate surface area is 142 Å². The first kappa shape index (κ1) is 17.9. The number of hydrogen-bond acceptors (Lipinski definition) is 5. The van der Waals surface area contributed by atoms with Gasteiger partial charge < -0.3 is 5.32 Å². The fourth-order valence-electron chi connectivity index (χ4n) is 2.13. The summed E-state index contributed by atoms with van der Waals surface area (Å²) in [5, 5.41) is 11.9. The normalized spacial score (nSPS) is 11.2. The lowest BCUT2D eigenvalue weighted by atomic mass is 10.1. The molecule has 0 unspecified atom stereocenters. The standard InChI is InChI=1S/C17H20N4O2S/c1-13(2)21-24(22,23)12-15-5-3-14(4-6-15)10-19-17-8-7-16(9-18)11-20-17/h3-8,11,13,21H,10,12H2,1-2H3,(H,19,20). The minimum absolute atomic E-state index is 0.0317. The zero-order valence-electron chi connectivity index (χ0n) is 13.7. The molecule has 0 fully saturated rings. The molecule has 126 valence electrons. The lowest BCUT2D eigenvalue weighted by molar-refractivity contribution is 0.569. The quantitative estimate of drug-likeness (QED) is 0.804. The predicted octanol–water partition coefficient (Wildman–Crippen LogP) is 2.39. The molecule has 2 rings (SSSR count). The van der Waals surface area contributed by atoms with Crippen LogP contribution in [-0.2, 0) is 22.3 Å². The number of nitrogens with one attached hydrogen (secondary N) is 2. The maximum atomic E-state index is 11.9. The molecule has 24 heavy (non-hydrogen) atoms. The van der Waals surface area contributed by atoms with E-state index in [9.17, 15) is 8.42 Å². The van der Waals surface area contributed by atoms with E-state index in [1.54, 1.807) is 26.0 Å². The minimum atomic E-state index is -3.31. The fraction of sp³-hybridized carbons (Fsp3) is 0.294. The number of nitriles is 1. The second-order valence-corrected chi connectivity index (χ2v) is 7.50. The van der Waals surface area contributed by atoms with Gasteiger partial charge in [-0.15, -0.1) is 0 Å². The molecule has 6 nitrogen and oxygen atoms in total. The van der Waals surface area contributed by atoms with Gasteiger partial charge in [-0.2, -0.15) is 5.26 Å². The van der Waals surface area contributed by atoms with Gasteiger partial charge >= 0.3 is 0 Å². The molecule has 0 amide bonds. The number of benzene rings is 1. The molecular weight excluding hydrogens is 324 g/mol. The first-order chi connectivity index (χ1) is 11.4. The summed E-state index contributed by atoms with van der Waals surface area (Å²) in [6.45, 7) is 4.16. The highest BCUT2D eigenvalue weighted by Crippen LogP contribution is 2.11. The van der Waals surface area contributed by atoms with E-state index in [-0.39, 0.29) is 11.8 Å². The number of nitrogens with zero attached hydrogens (tertiary/aromatic N) is 2. The minimum Gasteiger partial charge on any atom is -0.366 e. The van der Waals surface area contributed by atoms with E-state index in [1.165, 1.54) is 6.20 Å². The Balaban J connectivity index is 1.93. The number of pyridine rings is 1. The van der Waals surface area contributed by atoms with Crippen LogP contribution in [0.3, 0.4) is 0 Å². The van der Waals surface area contributed by atoms with Gasteiger partial charge in [0, 0.05) is 18.8 Å². The van der Waals surface area contributed by atoms with Crippen molar-refractivity contribution in [2.45, 2.75) is 32.2 Å². The van der Waals surface area contributed by atoms with Crippen LogP contribution in [0.25, 0.3) is 0 Å². The number of aromatic nitrogens is 1. The van der Waals surface area contributed by atoms with Crippen molar-refractivity contribution in [2.75, 3.05) is 5.32 Å². The van der Waals surface area contributed by atoms with Crippen molar-refractivity contribution in [3.05, 3.63) is 59.3 Å². The van der Waals surface area contributed by atoms with E-state index >= 15 is 0 Å². The first-order valence-electron chi connectivity index (χ1n) is 7.56.